The highest BCUT2D eigenvalue weighted by Crippen LogP contribution is 2.35. The van der Waals surface area contributed by atoms with Gasteiger partial charge in [-0.05, 0) is 12.1 Å². The van der Waals surface area contributed by atoms with Crippen molar-refractivity contribution in [3.8, 4) is 0 Å². The number of H-pyrrole nitrogens is 1. The molecule has 0 unspecified atom stereocenters. The minimum Gasteiger partial charge on any atom is -0.477 e. The van der Waals surface area contributed by atoms with Crippen molar-refractivity contribution >= 4 is 32.8 Å². The number of alkyl halides is 3. The molecular formula is C13H11BrF3NO3. The molecule has 8 heteroatoms. The summed E-state index contributed by atoms with van der Waals surface area (Å²) >= 11 is 2.89. The van der Waals surface area contributed by atoms with Crippen molar-refractivity contribution in [2.24, 2.45) is 0 Å². The van der Waals surface area contributed by atoms with E-state index in [9.17, 15) is 22.8 Å². The van der Waals surface area contributed by atoms with Crippen LogP contribution in [0.4, 0.5) is 13.2 Å². The van der Waals surface area contributed by atoms with Crippen molar-refractivity contribution in [3.05, 3.63) is 44.2 Å². The highest BCUT2D eigenvalue weighted by molar-refractivity contribution is 9.10. The molecule has 2 aromatic rings. The molecule has 0 aliphatic carbocycles. The fraction of sp³-hybridized carbons (Fsp3) is 0.231. The fourth-order valence-corrected chi connectivity index (χ4v) is 2.11. The van der Waals surface area contributed by atoms with Gasteiger partial charge in [0, 0.05) is 15.9 Å². The summed E-state index contributed by atoms with van der Waals surface area (Å²) in [5.74, 6) is -1.50. The summed E-state index contributed by atoms with van der Waals surface area (Å²) in [6.45, 7) is 4.00. The first-order valence-corrected chi connectivity index (χ1v) is 6.66. The highest BCUT2D eigenvalue weighted by Gasteiger charge is 2.34. The molecule has 1 aromatic carbocycles. The Labute approximate surface area is 125 Å². The van der Waals surface area contributed by atoms with Crippen molar-refractivity contribution in [1.82, 2.24) is 4.98 Å². The van der Waals surface area contributed by atoms with Gasteiger partial charge in [-0.3, -0.25) is 4.79 Å². The van der Waals surface area contributed by atoms with Crippen LogP contribution in [0.2, 0.25) is 0 Å². The van der Waals surface area contributed by atoms with E-state index in [0.29, 0.717) is 0 Å². The lowest BCUT2D eigenvalue weighted by molar-refractivity contribution is -0.136. The monoisotopic (exact) mass is 365 g/mol. The Morgan fingerprint density at radius 2 is 1.81 bits per heavy atom. The third-order valence-corrected chi connectivity index (χ3v) is 2.90. The molecule has 0 bridgehead atoms. The molecule has 1 heterocycles. The molecule has 1 aromatic heterocycles. The van der Waals surface area contributed by atoms with Gasteiger partial charge in [0.05, 0.1) is 11.1 Å². The number of hydrogen-bond donors (Lipinski definition) is 2. The number of carboxylic acids is 1. The molecule has 2 N–H and O–H groups in total. The number of aromatic nitrogens is 1. The molecular weight excluding hydrogens is 355 g/mol. The quantitative estimate of drug-likeness (QED) is 0.801. The number of carboxylic acid groups (broad SMARTS) is 1. The standard InChI is InChI=1S/C11H5BrF3NO3.C2H6/c12-4-1-5-8(17)3-7(10(18)19)16-9(5)6(2-4)11(13,14)15;1-2/h1-3H,(H,16,17)(H,18,19);1-2H3. The van der Waals surface area contributed by atoms with Gasteiger partial charge >= 0.3 is 12.1 Å². The molecule has 0 fully saturated rings. The van der Waals surface area contributed by atoms with E-state index in [1.807, 2.05) is 13.8 Å². The van der Waals surface area contributed by atoms with Crippen LogP contribution >= 0.6 is 15.9 Å². The van der Waals surface area contributed by atoms with E-state index in [1.54, 1.807) is 0 Å². The maximum absolute atomic E-state index is 12.9. The zero-order valence-corrected chi connectivity index (χ0v) is 12.6. The summed E-state index contributed by atoms with van der Waals surface area (Å²) in [5, 5.41) is 8.53. The van der Waals surface area contributed by atoms with E-state index in [0.717, 1.165) is 12.1 Å². The molecule has 2 rings (SSSR count). The first-order valence-electron chi connectivity index (χ1n) is 5.87. The van der Waals surface area contributed by atoms with Gasteiger partial charge in [0.1, 0.15) is 5.69 Å². The Bertz CT molecular complexity index is 738. The number of pyridine rings is 1. The van der Waals surface area contributed by atoms with Gasteiger partial charge in [-0.25, -0.2) is 4.79 Å². The van der Waals surface area contributed by atoms with E-state index in [2.05, 4.69) is 20.9 Å². The number of rotatable bonds is 1. The number of aromatic amines is 1. The molecule has 114 valence electrons. The van der Waals surface area contributed by atoms with Crippen LogP contribution in [0.1, 0.15) is 29.9 Å². The number of aromatic carboxylic acids is 1. The van der Waals surface area contributed by atoms with Crippen molar-refractivity contribution in [2.45, 2.75) is 20.0 Å². The van der Waals surface area contributed by atoms with Gasteiger partial charge in [0.15, 0.2) is 5.43 Å². The minimum absolute atomic E-state index is 0.0842. The lowest BCUT2D eigenvalue weighted by Gasteiger charge is -2.11. The Morgan fingerprint density at radius 1 is 1.24 bits per heavy atom. The van der Waals surface area contributed by atoms with Gasteiger partial charge < -0.3 is 10.1 Å². The van der Waals surface area contributed by atoms with Gasteiger partial charge in [-0.2, -0.15) is 13.2 Å². The molecule has 4 nitrogen and oxygen atoms in total. The zero-order chi connectivity index (χ0) is 16.4. The number of hydrogen-bond acceptors (Lipinski definition) is 2. The van der Waals surface area contributed by atoms with Crippen molar-refractivity contribution in [2.75, 3.05) is 0 Å². The second-order valence-electron chi connectivity index (χ2n) is 3.73. The molecule has 0 aliphatic rings. The second kappa shape index (κ2) is 6.30. The number of nitrogens with one attached hydrogen (secondary N) is 1. The number of carbonyl (C=O) groups is 1. The summed E-state index contributed by atoms with van der Waals surface area (Å²) in [4.78, 5) is 24.6. The van der Waals surface area contributed by atoms with Crippen LogP contribution in [0.25, 0.3) is 10.9 Å². The van der Waals surface area contributed by atoms with Crippen molar-refractivity contribution < 1.29 is 23.1 Å². The highest BCUT2D eigenvalue weighted by atomic mass is 79.9. The summed E-state index contributed by atoms with van der Waals surface area (Å²) < 4.78 is 38.7. The number of halogens is 4. The summed E-state index contributed by atoms with van der Waals surface area (Å²) in [5.41, 5.74) is -3.03. The summed E-state index contributed by atoms with van der Waals surface area (Å²) in [6, 6.07) is 2.73. The van der Waals surface area contributed by atoms with E-state index in [4.69, 9.17) is 5.11 Å². The van der Waals surface area contributed by atoms with Gasteiger partial charge in [0.25, 0.3) is 0 Å². The first-order chi connectivity index (χ1) is 9.70. The molecule has 21 heavy (non-hydrogen) atoms. The first kappa shape index (κ1) is 17.2. The smallest absolute Gasteiger partial charge is 0.418 e. The predicted octanol–water partition coefficient (Wildman–Crippen LogP) is 4.03. The fourth-order valence-electron chi connectivity index (χ4n) is 1.65. The molecule has 0 atom stereocenters. The summed E-state index contributed by atoms with van der Waals surface area (Å²) in [7, 11) is 0. The second-order valence-corrected chi connectivity index (χ2v) is 4.64. The normalized spacial score (nSPS) is 11.0. The number of fused-ring (bicyclic) bond motifs is 1. The van der Waals surface area contributed by atoms with Crippen LogP contribution in [0.5, 0.6) is 0 Å². The third-order valence-electron chi connectivity index (χ3n) is 2.44. The number of benzene rings is 1. The maximum atomic E-state index is 12.9. The predicted molar refractivity (Wildman–Crippen MR) is 75.6 cm³/mol. The van der Waals surface area contributed by atoms with Crippen LogP contribution in [0, 0.1) is 0 Å². The molecule has 0 spiro atoms. The van der Waals surface area contributed by atoms with Crippen LogP contribution in [0.3, 0.4) is 0 Å². The van der Waals surface area contributed by atoms with Gasteiger partial charge in [-0.1, -0.05) is 29.8 Å². The van der Waals surface area contributed by atoms with E-state index in [1.165, 1.54) is 6.07 Å². The van der Waals surface area contributed by atoms with Gasteiger partial charge in [0.2, 0.25) is 0 Å². The Balaban J connectivity index is 0.00000106. The van der Waals surface area contributed by atoms with Crippen molar-refractivity contribution in [1.29, 1.82) is 0 Å². The molecule has 0 saturated heterocycles. The topological polar surface area (TPSA) is 70.2 Å². The van der Waals surface area contributed by atoms with E-state index in [-0.39, 0.29) is 9.86 Å². The Hall–Kier alpha value is -1.83. The minimum atomic E-state index is -4.71. The average molecular weight is 366 g/mol. The lowest BCUT2D eigenvalue weighted by Crippen LogP contribution is -2.14. The maximum Gasteiger partial charge on any atom is 0.418 e. The largest absolute Gasteiger partial charge is 0.477 e. The third kappa shape index (κ3) is 3.63. The Morgan fingerprint density at radius 3 is 2.29 bits per heavy atom. The zero-order valence-electron chi connectivity index (χ0n) is 11.0. The van der Waals surface area contributed by atoms with Crippen LogP contribution in [-0.4, -0.2) is 16.1 Å². The van der Waals surface area contributed by atoms with Crippen LogP contribution < -0.4 is 5.43 Å². The Kier molecular flexibility index (Phi) is 5.16. The summed E-state index contributed by atoms with van der Waals surface area (Å²) in [6.07, 6.45) is -4.71. The molecule has 0 amide bonds. The molecule has 0 saturated carbocycles. The van der Waals surface area contributed by atoms with E-state index >= 15 is 0 Å². The molecule has 0 radical (unpaired) electrons. The van der Waals surface area contributed by atoms with Gasteiger partial charge in [-0.15, -0.1) is 0 Å². The van der Waals surface area contributed by atoms with Crippen molar-refractivity contribution in [3.63, 3.8) is 0 Å². The average Bonchev–Trinajstić information content (AvgIpc) is 2.39. The van der Waals surface area contributed by atoms with E-state index < -0.39 is 34.3 Å². The molecule has 0 aliphatic heterocycles. The van der Waals surface area contributed by atoms with Crippen LogP contribution in [-0.2, 0) is 6.18 Å². The van der Waals surface area contributed by atoms with Crippen LogP contribution in [0.15, 0.2) is 27.5 Å². The SMILES string of the molecule is CC.O=C(O)c1cc(=O)c2cc(Br)cc(C(F)(F)F)c2[nH]1. The lowest BCUT2D eigenvalue weighted by atomic mass is 10.1.